The molecule has 11 nitrogen and oxygen atoms in total. The molecule has 1 aromatic rings. The summed E-state index contributed by atoms with van der Waals surface area (Å²) in [6.07, 6.45) is 2.40. The predicted octanol–water partition coefficient (Wildman–Crippen LogP) is -1.87. The van der Waals surface area contributed by atoms with Crippen LogP contribution in [-0.2, 0) is 25.6 Å². The van der Waals surface area contributed by atoms with Crippen LogP contribution in [0.15, 0.2) is 12.5 Å². The van der Waals surface area contributed by atoms with Crippen molar-refractivity contribution in [3.63, 3.8) is 0 Å². The molecule has 7 N–H and O–H groups in total. The summed E-state index contributed by atoms with van der Waals surface area (Å²) in [6.45, 7) is 0. The van der Waals surface area contributed by atoms with Gasteiger partial charge in [0.2, 0.25) is 11.8 Å². The number of aromatic nitrogens is 2. The number of H-pyrrole nitrogens is 1. The van der Waals surface area contributed by atoms with Crippen molar-refractivity contribution < 1.29 is 29.4 Å². The van der Waals surface area contributed by atoms with Gasteiger partial charge in [0.05, 0.1) is 12.4 Å². The molecule has 0 unspecified atom stereocenters. The minimum absolute atomic E-state index is 0.0214. The van der Waals surface area contributed by atoms with Crippen molar-refractivity contribution in [2.45, 2.75) is 37.4 Å². The van der Waals surface area contributed by atoms with Gasteiger partial charge in [-0.25, -0.2) is 9.78 Å². The molecule has 2 amide bonds. The largest absolute Gasteiger partial charge is 0.481 e. The maximum atomic E-state index is 12.2. The number of rotatable bonds is 11. The Balaban J connectivity index is 2.64. The van der Waals surface area contributed by atoms with Crippen LogP contribution in [0.3, 0.4) is 0 Å². The van der Waals surface area contributed by atoms with Crippen LogP contribution in [0.2, 0.25) is 0 Å². The van der Waals surface area contributed by atoms with Gasteiger partial charge in [0, 0.05) is 30.5 Å². The van der Waals surface area contributed by atoms with E-state index in [4.69, 9.17) is 10.8 Å². The lowest BCUT2D eigenvalue weighted by Gasteiger charge is -2.21. The Bertz CT molecular complexity index is 638. The molecule has 0 saturated carbocycles. The van der Waals surface area contributed by atoms with E-state index in [1.54, 1.807) is 0 Å². The third-order valence-electron chi connectivity index (χ3n) is 3.42. The highest BCUT2D eigenvalue weighted by Crippen LogP contribution is 2.01. The number of hydrogen-bond donors (Lipinski definition) is 7. The van der Waals surface area contributed by atoms with Gasteiger partial charge in [0.1, 0.15) is 12.1 Å². The minimum atomic E-state index is -1.25. The molecular weight excluding hydrogens is 366 g/mol. The van der Waals surface area contributed by atoms with Crippen LogP contribution >= 0.6 is 12.6 Å². The average Bonchev–Trinajstić information content (AvgIpc) is 3.09. The molecule has 26 heavy (non-hydrogen) atoms. The third kappa shape index (κ3) is 7.11. The summed E-state index contributed by atoms with van der Waals surface area (Å²) in [4.78, 5) is 52.5. The Morgan fingerprint density at radius 3 is 2.35 bits per heavy atom. The standard InChI is InChI=1S/C14H21N5O6S/c15-8(1-2-11(20)21)12(22)19-10(5-26)13(23)18-9(14(24)25)3-7-4-16-6-17-7/h4,6,8-10,26H,1-3,5,15H2,(H,16,17)(H,18,23)(H,19,22)(H,20,21)(H,24,25)/t8-,9-,10-/m0/s1. The van der Waals surface area contributed by atoms with Gasteiger partial charge in [-0.15, -0.1) is 0 Å². The summed E-state index contributed by atoms with van der Waals surface area (Å²) in [6, 6.07) is -3.46. The maximum absolute atomic E-state index is 12.2. The number of aromatic amines is 1. The Kier molecular flexibility index (Phi) is 8.58. The van der Waals surface area contributed by atoms with Crippen LogP contribution in [0.1, 0.15) is 18.5 Å². The summed E-state index contributed by atoms with van der Waals surface area (Å²) in [5.74, 6) is -3.92. The fraction of sp³-hybridized carbons (Fsp3) is 0.500. The van der Waals surface area contributed by atoms with E-state index in [1.807, 2.05) is 0 Å². The van der Waals surface area contributed by atoms with Crippen molar-refractivity contribution in [1.82, 2.24) is 20.6 Å². The molecule has 0 aliphatic carbocycles. The van der Waals surface area contributed by atoms with E-state index < -0.39 is 41.9 Å². The molecule has 0 aliphatic rings. The second-order valence-electron chi connectivity index (χ2n) is 5.46. The molecule has 0 spiro atoms. The second kappa shape index (κ2) is 10.4. The SMILES string of the molecule is N[C@@H](CCC(=O)O)C(=O)N[C@@H](CS)C(=O)N[C@@H](Cc1cnc[nH]1)C(=O)O. The highest BCUT2D eigenvalue weighted by molar-refractivity contribution is 7.80. The number of imidazole rings is 1. The van der Waals surface area contributed by atoms with E-state index in [0.29, 0.717) is 5.69 Å². The van der Waals surface area contributed by atoms with Gasteiger partial charge in [-0.1, -0.05) is 0 Å². The highest BCUT2D eigenvalue weighted by atomic mass is 32.1. The monoisotopic (exact) mass is 387 g/mol. The normalized spacial score (nSPS) is 14.1. The topological polar surface area (TPSA) is 188 Å². The van der Waals surface area contributed by atoms with Crippen molar-refractivity contribution in [2.24, 2.45) is 5.73 Å². The smallest absolute Gasteiger partial charge is 0.326 e. The van der Waals surface area contributed by atoms with Gasteiger partial charge in [0.25, 0.3) is 0 Å². The van der Waals surface area contributed by atoms with Crippen LogP contribution in [0.5, 0.6) is 0 Å². The number of carbonyl (C=O) groups excluding carboxylic acids is 2. The first-order valence-electron chi connectivity index (χ1n) is 7.63. The first-order chi connectivity index (χ1) is 12.2. The Labute approximate surface area is 154 Å². The molecule has 1 rings (SSSR count). The Morgan fingerprint density at radius 2 is 1.85 bits per heavy atom. The number of nitrogens with zero attached hydrogens (tertiary/aromatic N) is 1. The molecule has 12 heteroatoms. The number of amides is 2. The molecule has 1 heterocycles. The Morgan fingerprint density at radius 1 is 1.19 bits per heavy atom. The van der Waals surface area contributed by atoms with E-state index in [1.165, 1.54) is 12.5 Å². The summed E-state index contributed by atoms with van der Waals surface area (Å²) in [5, 5.41) is 22.5. The zero-order chi connectivity index (χ0) is 19.7. The minimum Gasteiger partial charge on any atom is -0.481 e. The summed E-state index contributed by atoms with van der Waals surface area (Å²) in [7, 11) is 0. The number of aliphatic carboxylic acids is 2. The van der Waals surface area contributed by atoms with Gasteiger partial charge in [-0.3, -0.25) is 14.4 Å². The first kappa shape index (κ1) is 21.4. The summed E-state index contributed by atoms with van der Waals surface area (Å²) >= 11 is 3.97. The van der Waals surface area contributed by atoms with Crippen LogP contribution in [0, 0.1) is 0 Å². The van der Waals surface area contributed by atoms with E-state index in [-0.39, 0.29) is 25.0 Å². The number of carbonyl (C=O) groups is 4. The number of thiol groups is 1. The van der Waals surface area contributed by atoms with Crippen LogP contribution in [0.4, 0.5) is 0 Å². The molecule has 3 atom stereocenters. The molecule has 1 aromatic heterocycles. The molecule has 0 bridgehead atoms. The predicted molar refractivity (Wildman–Crippen MR) is 92.5 cm³/mol. The number of hydrogen-bond acceptors (Lipinski definition) is 7. The molecular formula is C14H21N5O6S. The number of carboxylic acid groups (broad SMARTS) is 2. The van der Waals surface area contributed by atoms with E-state index in [0.717, 1.165) is 0 Å². The maximum Gasteiger partial charge on any atom is 0.326 e. The average molecular weight is 387 g/mol. The van der Waals surface area contributed by atoms with E-state index in [9.17, 15) is 24.3 Å². The third-order valence-corrected chi connectivity index (χ3v) is 3.78. The van der Waals surface area contributed by atoms with Crippen molar-refractivity contribution in [2.75, 3.05) is 5.75 Å². The molecule has 0 aromatic carbocycles. The van der Waals surface area contributed by atoms with Crippen molar-refractivity contribution in [3.05, 3.63) is 18.2 Å². The zero-order valence-corrected chi connectivity index (χ0v) is 14.6. The number of carboxylic acids is 2. The molecule has 0 radical (unpaired) electrons. The van der Waals surface area contributed by atoms with Crippen molar-refractivity contribution >= 4 is 36.4 Å². The molecule has 0 aliphatic heterocycles. The van der Waals surface area contributed by atoms with Crippen LogP contribution < -0.4 is 16.4 Å². The van der Waals surface area contributed by atoms with Gasteiger partial charge in [-0.2, -0.15) is 12.6 Å². The van der Waals surface area contributed by atoms with Gasteiger partial charge < -0.3 is 31.6 Å². The lowest BCUT2D eigenvalue weighted by Crippen LogP contribution is -2.55. The lowest BCUT2D eigenvalue weighted by molar-refractivity contribution is -0.142. The fourth-order valence-corrected chi connectivity index (χ4v) is 2.23. The van der Waals surface area contributed by atoms with E-state index in [2.05, 4.69) is 33.2 Å². The zero-order valence-electron chi connectivity index (χ0n) is 13.7. The highest BCUT2D eigenvalue weighted by Gasteiger charge is 2.27. The Hall–Kier alpha value is -2.60. The molecule has 0 fully saturated rings. The summed E-state index contributed by atoms with van der Waals surface area (Å²) < 4.78 is 0. The molecule has 0 saturated heterocycles. The fourth-order valence-electron chi connectivity index (χ4n) is 1.97. The van der Waals surface area contributed by atoms with Gasteiger partial charge in [-0.05, 0) is 6.42 Å². The molecule has 144 valence electrons. The van der Waals surface area contributed by atoms with Gasteiger partial charge in [0.15, 0.2) is 0 Å². The van der Waals surface area contributed by atoms with Crippen molar-refractivity contribution in [1.29, 1.82) is 0 Å². The van der Waals surface area contributed by atoms with Gasteiger partial charge >= 0.3 is 11.9 Å². The number of nitrogens with one attached hydrogen (secondary N) is 3. The second-order valence-corrected chi connectivity index (χ2v) is 5.83. The van der Waals surface area contributed by atoms with Crippen LogP contribution in [0.25, 0.3) is 0 Å². The summed E-state index contributed by atoms with van der Waals surface area (Å²) in [5.41, 5.74) is 6.09. The van der Waals surface area contributed by atoms with Crippen LogP contribution in [-0.4, -0.2) is 67.8 Å². The van der Waals surface area contributed by atoms with Crippen molar-refractivity contribution in [3.8, 4) is 0 Å². The lowest BCUT2D eigenvalue weighted by atomic mass is 10.1. The quantitative estimate of drug-likeness (QED) is 0.215. The van der Waals surface area contributed by atoms with E-state index >= 15 is 0 Å². The first-order valence-corrected chi connectivity index (χ1v) is 8.26. The number of nitrogens with two attached hydrogens (primary N) is 1.